The third-order valence-corrected chi connectivity index (χ3v) is 5.31. The van der Waals surface area contributed by atoms with E-state index in [0.29, 0.717) is 28.8 Å². The first-order valence-corrected chi connectivity index (χ1v) is 9.38. The van der Waals surface area contributed by atoms with E-state index in [-0.39, 0.29) is 24.2 Å². The van der Waals surface area contributed by atoms with Crippen LogP contribution in [0.1, 0.15) is 18.4 Å². The minimum atomic E-state index is -0.366. The fraction of sp³-hybridized carbons (Fsp3) is 0.300. The first-order valence-electron chi connectivity index (χ1n) is 8.62. The molecule has 0 aliphatic carbocycles. The number of carbonyl (C=O) groups is 2. The van der Waals surface area contributed by atoms with Crippen LogP contribution in [0.15, 0.2) is 48.5 Å². The molecule has 1 heterocycles. The summed E-state index contributed by atoms with van der Waals surface area (Å²) in [6.07, 6.45) is 1.96. The van der Waals surface area contributed by atoms with Crippen molar-refractivity contribution in [3.05, 3.63) is 64.1 Å². The SMILES string of the molecule is O=C(NCCCc1ccccc1)C1CC(=O)N(c2cccc(Cl)c2Cl)C1. The molecule has 1 fully saturated rings. The van der Waals surface area contributed by atoms with Gasteiger partial charge in [-0.25, -0.2) is 0 Å². The van der Waals surface area contributed by atoms with E-state index >= 15 is 0 Å². The third-order valence-electron chi connectivity index (χ3n) is 4.50. The Morgan fingerprint density at radius 2 is 1.88 bits per heavy atom. The van der Waals surface area contributed by atoms with Crippen molar-refractivity contribution in [1.82, 2.24) is 5.32 Å². The lowest BCUT2D eigenvalue weighted by molar-refractivity contribution is -0.126. The Bertz CT molecular complexity index is 796. The average molecular weight is 391 g/mol. The second-order valence-electron chi connectivity index (χ2n) is 6.36. The molecule has 6 heteroatoms. The molecule has 0 radical (unpaired) electrons. The van der Waals surface area contributed by atoms with E-state index in [1.165, 1.54) is 5.56 Å². The Morgan fingerprint density at radius 1 is 1.12 bits per heavy atom. The van der Waals surface area contributed by atoms with Gasteiger partial charge in [0.25, 0.3) is 0 Å². The van der Waals surface area contributed by atoms with Crippen LogP contribution in [0.25, 0.3) is 0 Å². The quantitative estimate of drug-likeness (QED) is 0.754. The second kappa shape index (κ2) is 8.56. The van der Waals surface area contributed by atoms with Gasteiger partial charge in [0.05, 0.1) is 21.7 Å². The van der Waals surface area contributed by atoms with Gasteiger partial charge in [-0.3, -0.25) is 9.59 Å². The molecule has 0 aromatic heterocycles. The zero-order valence-corrected chi connectivity index (χ0v) is 15.8. The molecule has 2 aromatic rings. The Balaban J connectivity index is 1.51. The molecule has 1 aliphatic heterocycles. The number of rotatable bonds is 6. The number of benzene rings is 2. The zero-order chi connectivity index (χ0) is 18.5. The van der Waals surface area contributed by atoms with E-state index in [2.05, 4.69) is 17.4 Å². The fourth-order valence-electron chi connectivity index (χ4n) is 3.11. The molecule has 26 heavy (non-hydrogen) atoms. The number of amides is 2. The Labute approximate surface area is 163 Å². The van der Waals surface area contributed by atoms with Crippen molar-refractivity contribution in [1.29, 1.82) is 0 Å². The first kappa shape index (κ1) is 18.7. The lowest BCUT2D eigenvalue weighted by atomic mass is 10.1. The highest BCUT2D eigenvalue weighted by molar-refractivity contribution is 6.44. The van der Waals surface area contributed by atoms with E-state index < -0.39 is 0 Å². The van der Waals surface area contributed by atoms with Crippen molar-refractivity contribution in [2.24, 2.45) is 5.92 Å². The standard InChI is InChI=1S/C20H20Cl2N2O2/c21-16-9-4-10-17(19(16)22)24-13-15(12-18(24)25)20(26)23-11-5-8-14-6-2-1-3-7-14/h1-4,6-7,9-10,15H,5,8,11-13H2,(H,23,26). The Hall–Kier alpha value is -2.04. The highest BCUT2D eigenvalue weighted by Gasteiger charge is 2.35. The Kier molecular flexibility index (Phi) is 6.17. The van der Waals surface area contributed by atoms with E-state index in [0.717, 1.165) is 12.8 Å². The first-order chi connectivity index (χ1) is 12.6. The average Bonchev–Trinajstić information content (AvgIpc) is 3.03. The summed E-state index contributed by atoms with van der Waals surface area (Å²) in [5.74, 6) is -0.570. The lowest BCUT2D eigenvalue weighted by Gasteiger charge is -2.18. The van der Waals surface area contributed by atoms with Crippen LogP contribution in [0.5, 0.6) is 0 Å². The van der Waals surface area contributed by atoms with Gasteiger partial charge in [0, 0.05) is 19.5 Å². The van der Waals surface area contributed by atoms with Crippen LogP contribution >= 0.6 is 23.2 Å². The van der Waals surface area contributed by atoms with E-state index in [1.807, 2.05) is 18.2 Å². The number of hydrogen-bond donors (Lipinski definition) is 1. The van der Waals surface area contributed by atoms with E-state index in [4.69, 9.17) is 23.2 Å². The highest BCUT2D eigenvalue weighted by Crippen LogP contribution is 2.35. The number of anilines is 1. The van der Waals surface area contributed by atoms with Crippen molar-refractivity contribution >= 4 is 40.7 Å². The molecular formula is C20H20Cl2N2O2. The second-order valence-corrected chi connectivity index (χ2v) is 7.14. The molecule has 3 rings (SSSR count). The summed E-state index contributed by atoms with van der Waals surface area (Å²) >= 11 is 12.2. The molecule has 2 amide bonds. The van der Waals surface area contributed by atoms with Gasteiger partial charge in [-0.15, -0.1) is 0 Å². The maximum atomic E-state index is 12.4. The molecule has 1 atom stereocenters. The molecule has 1 aliphatic rings. The van der Waals surface area contributed by atoms with Crippen molar-refractivity contribution in [2.75, 3.05) is 18.0 Å². The number of carbonyl (C=O) groups excluding carboxylic acids is 2. The summed E-state index contributed by atoms with van der Waals surface area (Å²) in [5, 5.41) is 3.67. The molecule has 2 aromatic carbocycles. The lowest BCUT2D eigenvalue weighted by Crippen LogP contribution is -2.33. The summed E-state index contributed by atoms with van der Waals surface area (Å²) in [6.45, 7) is 0.916. The molecular weight excluding hydrogens is 371 g/mol. The smallest absolute Gasteiger partial charge is 0.227 e. The molecule has 0 spiro atoms. The highest BCUT2D eigenvalue weighted by atomic mass is 35.5. The van der Waals surface area contributed by atoms with Crippen molar-refractivity contribution in [3.8, 4) is 0 Å². The van der Waals surface area contributed by atoms with Crippen molar-refractivity contribution < 1.29 is 9.59 Å². The molecule has 4 nitrogen and oxygen atoms in total. The van der Waals surface area contributed by atoms with Crippen LogP contribution in [-0.2, 0) is 16.0 Å². The zero-order valence-electron chi connectivity index (χ0n) is 14.3. The number of halogens is 2. The van der Waals surface area contributed by atoms with Crippen molar-refractivity contribution in [3.63, 3.8) is 0 Å². The molecule has 1 unspecified atom stereocenters. The van der Waals surface area contributed by atoms with Gasteiger partial charge in [0.1, 0.15) is 0 Å². The van der Waals surface area contributed by atoms with Crippen LogP contribution in [0.4, 0.5) is 5.69 Å². The Morgan fingerprint density at radius 3 is 2.65 bits per heavy atom. The largest absolute Gasteiger partial charge is 0.356 e. The molecule has 0 bridgehead atoms. The van der Waals surface area contributed by atoms with Crippen LogP contribution in [-0.4, -0.2) is 24.9 Å². The number of nitrogens with zero attached hydrogens (tertiary/aromatic N) is 1. The van der Waals surface area contributed by atoms with Gasteiger partial charge in [-0.05, 0) is 30.5 Å². The number of aryl methyl sites for hydroxylation is 1. The summed E-state index contributed by atoms with van der Waals surface area (Å²) in [5.41, 5.74) is 1.81. The van der Waals surface area contributed by atoms with E-state index in [1.54, 1.807) is 23.1 Å². The maximum Gasteiger partial charge on any atom is 0.227 e. The van der Waals surface area contributed by atoms with Gasteiger partial charge >= 0.3 is 0 Å². The fourth-order valence-corrected chi connectivity index (χ4v) is 3.51. The maximum absolute atomic E-state index is 12.4. The van der Waals surface area contributed by atoms with Gasteiger partial charge in [-0.1, -0.05) is 59.6 Å². The topological polar surface area (TPSA) is 49.4 Å². The van der Waals surface area contributed by atoms with Crippen LogP contribution < -0.4 is 10.2 Å². The molecule has 0 saturated carbocycles. The van der Waals surface area contributed by atoms with Gasteiger partial charge < -0.3 is 10.2 Å². The third kappa shape index (κ3) is 4.37. The van der Waals surface area contributed by atoms with E-state index in [9.17, 15) is 9.59 Å². The molecule has 1 saturated heterocycles. The summed E-state index contributed by atoms with van der Waals surface area (Å²) in [6, 6.07) is 15.3. The van der Waals surface area contributed by atoms with Gasteiger partial charge in [0.15, 0.2) is 0 Å². The molecule has 136 valence electrons. The van der Waals surface area contributed by atoms with Crippen LogP contribution in [0.3, 0.4) is 0 Å². The minimum absolute atomic E-state index is 0.0907. The van der Waals surface area contributed by atoms with Crippen LogP contribution in [0.2, 0.25) is 10.0 Å². The predicted octanol–water partition coefficient (Wildman–Crippen LogP) is 4.10. The van der Waals surface area contributed by atoms with Crippen molar-refractivity contribution in [2.45, 2.75) is 19.3 Å². The summed E-state index contributed by atoms with van der Waals surface area (Å²) in [4.78, 5) is 26.2. The van der Waals surface area contributed by atoms with Gasteiger partial charge in [-0.2, -0.15) is 0 Å². The summed E-state index contributed by atoms with van der Waals surface area (Å²) in [7, 11) is 0. The molecule has 1 N–H and O–H groups in total. The van der Waals surface area contributed by atoms with Crippen LogP contribution in [0, 0.1) is 5.92 Å². The summed E-state index contributed by atoms with van der Waals surface area (Å²) < 4.78 is 0. The normalized spacial score (nSPS) is 16.8. The predicted molar refractivity (Wildman–Crippen MR) is 105 cm³/mol. The monoisotopic (exact) mass is 390 g/mol. The van der Waals surface area contributed by atoms with Gasteiger partial charge in [0.2, 0.25) is 11.8 Å². The number of hydrogen-bond acceptors (Lipinski definition) is 2. The minimum Gasteiger partial charge on any atom is -0.356 e. The number of nitrogens with one attached hydrogen (secondary N) is 1.